The average Bonchev–Trinajstić information content (AvgIpc) is 2.57. The van der Waals surface area contributed by atoms with Crippen LogP contribution in [0.25, 0.3) is 0 Å². The summed E-state index contributed by atoms with van der Waals surface area (Å²) in [6.07, 6.45) is 16.8. The third kappa shape index (κ3) is 14.0. The molecule has 1 unspecified atom stereocenters. The van der Waals surface area contributed by atoms with Crippen LogP contribution in [0, 0.1) is 0 Å². The van der Waals surface area contributed by atoms with Crippen LogP contribution in [0.5, 0.6) is 0 Å². The minimum atomic E-state index is -1.10. The summed E-state index contributed by atoms with van der Waals surface area (Å²) in [7, 11) is 0. The van der Waals surface area contributed by atoms with Gasteiger partial charge in [-0.15, -0.1) is 0 Å². The van der Waals surface area contributed by atoms with Crippen LogP contribution in [0.15, 0.2) is 0 Å². The number of carbonyl (C=O) groups is 2. The zero-order valence-corrected chi connectivity index (χ0v) is 16.9. The topological polar surface area (TPSA) is 57.6 Å². The summed E-state index contributed by atoms with van der Waals surface area (Å²) in [6.45, 7) is 5.47. The smallest absolute Gasteiger partial charge is 0.257 e. The van der Waals surface area contributed by atoms with Crippen LogP contribution in [0.3, 0.4) is 0 Å². The van der Waals surface area contributed by atoms with E-state index in [2.05, 4.69) is 6.92 Å². The van der Waals surface area contributed by atoms with E-state index in [1.165, 1.54) is 89.4 Å². The molecule has 0 saturated heterocycles. The molecule has 25 heavy (non-hydrogen) atoms. The number of unbranched alkanes of at least 4 members (excludes halogenated alkanes) is 13. The molecule has 0 bridgehead atoms. The highest BCUT2D eigenvalue weighted by Gasteiger charge is 2.21. The van der Waals surface area contributed by atoms with Crippen molar-refractivity contribution in [3.05, 3.63) is 0 Å². The summed E-state index contributed by atoms with van der Waals surface area (Å²) < 4.78 is 0. The van der Waals surface area contributed by atoms with Crippen molar-refractivity contribution in [3.63, 3.8) is 0 Å². The Morgan fingerprint density at radius 1 is 0.760 bits per heavy atom. The highest BCUT2D eigenvalue weighted by atomic mass is 16.3. The predicted octanol–water partition coefficient (Wildman–Crippen LogP) is 5.22. The number of nitrogens with zero attached hydrogens (tertiary/aromatic N) is 1. The Labute approximate surface area is 155 Å². The molecule has 0 heterocycles. The molecule has 1 N–H and O–H groups in total. The van der Waals surface area contributed by atoms with Gasteiger partial charge in [0.05, 0.1) is 0 Å². The number of amides is 2. The number of aliphatic hydroxyl groups is 1. The summed E-state index contributed by atoms with van der Waals surface area (Å²) in [6, 6.07) is 0. The number of aliphatic hydroxyl groups excluding tert-OH is 1. The maximum absolute atomic E-state index is 11.7. The minimum absolute atomic E-state index is 0.277. The van der Waals surface area contributed by atoms with E-state index in [9.17, 15) is 14.7 Å². The quantitative estimate of drug-likeness (QED) is 0.386. The van der Waals surface area contributed by atoms with Gasteiger partial charge >= 0.3 is 0 Å². The standard InChI is InChI=1S/C21H41NO3/c1-4-5-6-7-8-9-10-11-12-13-14-15-16-17-18-22(20(3)24)21(25)19(2)23/h19,23H,4-18H2,1-3H3. The first kappa shape index (κ1) is 24.1. The van der Waals surface area contributed by atoms with Gasteiger partial charge in [0.25, 0.3) is 5.91 Å². The normalized spacial score (nSPS) is 12.2. The molecule has 1 atom stereocenters. The van der Waals surface area contributed by atoms with Crippen LogP contribution < -0.4 is 0 Å². The summed E-state index contributed by atoms with van der Waals surface area (Å²) in [5, 5.41) is 9.31. The van der Waals surface area contributed by atoms with Crippen molar-refractivity contribution < 1.29 is 14.7 Å². The molecule has 4 heteroatoms. The minimum Gasteiger partial charge on any atom is -0.384 e. The number of hydrogen-bond donors (Lipinski definition) is 1. The molecular weight excluding hydrogens is 314 g/mol. The van der Waals surface area contributed by atoms with Crippen molar-refractivity contribution in [1.29, 1.82) is 0 Å². The van der Waals surface area contributed by atoms with E-state index >= 15 is 0 Å². The van der Waals surface area contributed by atoms with E-state index < -0.39 is 12.0 Å². The van der Waals surface area contributed by atoms with Crippen molar-refractivity contribution in [2.75, 3.05) is 6.54 Å². The van der Waals surface area contributed by atoms with Gasteiger partial charge < -0.3 is 5.11 Å². The third-order valence-corrected chi connectivity index (χ3v) is 4.74. The molecule has 0 radical (unpaired) electrons. The van der Waals surface area contributed by atoms with Gasteiger partial charge in [-0.25, -0.2) is 0 Å². The van der Waals surface area contributed by atoms with E-state index in [4.69, 9.17) is 0 Å². The van der Waals surface area contributed by atoms with E-state index in [0.29, 0.717) is 6.54 Å². The molecule has 0 aromatic carbocycles. The Hall–Kier alpha value is -0.900. The van der Waals surface area contributed by atoms with Crippen molar-refractivity contribution >= 4 is 11.8 Å². The van der Waals surface area contributed by atoms with Gasteiger partial charge in [-0.2, -0.15) is 0 Å². The first-order valence-corrected chi connectivity index (χ1v) is 10.5. The van der Waals surface area contributed by atoms with Crippen molar-refractivity contribution in [2.45, 2.75) is 117 Å². The summed E-state index contributed by atoms with van der Waals surface area (Å²) in [5.41, 5.74) is 0. The van der Waals surface area contributed by atoms with Gasteiger partial charge in [0.15, 0.2) is 0 Å². The second-order valence-corrected chi connectivity index (χ2v) is 7.28. The van der Waals surface area contributed by atoms with Crippen molar-refractivity contribution in [1.82, 2.24) is 4.90 Å². The molecule has 0 rings (SSSR count). The lowest BCUT2D eigenvalue weighted by Crippen LogP contribution is -2.41. The highest BCUT2D eigenvalue weighted by molar-refractivity contribution is 5.96. The summed E-state index contributed by atoms with van der Waals surface area (Å²) >= 11 is 0. The monoisotopic (exact) mass is 355 g/mol. The van der Waals surface area contributed by atoms with Gasteiger partial charge in [0, 0.05) is 13.5 Å². The van der Waals surface area contributed by atoms with Gasteiger partial charge in [-0.3, -0.25) is 14.5 Å². The fraction of sp³-hybridized carbons (Fsp3) is 0.905. The Morgan fingerprint density at radius 2 is 1.12 bits per heavy atom. The molecule has 0 saturated carbocycles. The van der Waals surface area contributed by atoms with Crippen LogP contribution in [-0.4, -0.2) is 34.5 Å². The zero-order valence-electron chi connectivity index (χ0n) is 16.9. The largest absolute Gasteiger partial charge is 0.384 e. The molecule has 0 aromatic heterocycles. The SMILES string of the molecule is CCCCCCCCCCCCCCCCN(C(C)=O)C(=O)C(C)O. The van der Waals surface area contributed by atoms with Crippen molar-refractivity contribution in [2.24, 2.45) is 0 Å². The number of rotatable bonds is 16. The molecule has 0 aliphatic carbocycles. The first-order chi connectivity index (χ1) is 12.0. The van der Waals surface area contributed by atoms with Gasteiger partial charge in [-0.05, 0) is 13.3 Å². The fourth-order valence-corrected chi connectivity index (χ4v) is 3.11. The molecule has 0 aliphatic heterocycles. The zero-order chi connectivity index (χ0) is 18.9. The molecule has 148 valence electrons. The average molecular weight is 356 g/mol. The second kappa shape index (κ2) is 16.6. The second-order valence-electron chi connectivity index (χ2n) is 7.28. The summed E-state index contributed by atoms with van der Waals surface area (Å²) in [4.78, 5) is 24.3. The van der Waals surface area contributed by atoms with Gasteiger partial charge in [0.2, 0.25) is 5.91 Å². The molecular formula is C21H41NO3. The lowest BCUT2D eigenvalue weighted by molar-refractivity contribution is -0.148. The van der Waals surface area contributed by atoms with Crippen LogP contribution in [-0.2, 0) is 9.59 Å². The van der Waals surface area contributed by atoms with Gasteiger partial charge in [-0.1, -0.05) is 90.4 Å². The van der Waals surface area contributed by atoms with E-state index in [1.54, 1.807) is 0 Å². The van der Waals surface area contributed by atoms with Crippen LogP contribution in [0.4, 0.5) is 0 Å². The van der Waals surface area contributed by atoms with Crippen LogP contribution >= 0.6 is 0 Å². The molecule has 4 nitrogen and oxygen atoms in total. The van der Waals surface area contributed by atoms with E-state index in [0.717, 1.165) is 19.3 Å². The molecule has 0 aromatic rings. The van der Waals surface area contributed by atoms with Crippen LogP contribution in [0.1, 0.15) is 111 Å². The Kier molecular flexibility index (Phi) is 16.0. The van der Waals surface area contributed by atoms with Crippen LogP contribution in [0.2, 0.25) is 0 Å². The van der Waals surface area contributed by atoms with E-state index in [-0.39, 0.29) is 5.91 Å². The Balaban J connectivity index is 3.43. The maximum atomic E-state index is 11.7. The number of hydrogen-bond acceptors (Lipinski definition) is 3. The Morgan fingerprint density at radius 3 is 1.44 bits per heavy atom. The third-order valence-electron chi connectivity index (χ3n) is 4.74. The fourth-order valence-electron chi connectivity index (χ4n) is 3.11. The molecule has 0 spiro atoms. The molecule has 0 aliphatic rings. The molecule has 2 amide bonds. The first-order valence-electron chi connectivity index (χ1n) is 10.5. The van der Waals surface area contributed by atoms with Crippen molar-refractivity contribution in [3.8, 4) is 0 Å². The molecule has 0 fully saturated rings. The maximum Gasteiger partial charge on any atom is 0.257 e. The lowest BCUT2D eigenvalue weighted by atomic mass is 10.0. The highest BCUT2D eigenvalue weighted by Crippen LogP contribution is 2.13. The number of imide groups is 1. The Bertz CT molecular complexity index is 342. The lowest BCUT2D eigenvalue weighted by Gasteiger charge is -2.20. The predicted molar refractivity (Wildman–Crippen MR) is 104 cm³/mol. The summed E-state index contributed by atoms with van der Waals surface area (Å²) in [5.74, 6) is -0.761. The number of carbonyl (C=O) groups excluding carboxylic acids is 2. The van der Waals surface area contributed by atoms with E-state index in [1.807, 2.05) is 0 Å². The van der Waals surface area contributed by atoms with Gasteiger partial charge in [0.1, 0.15) is 6.10 Å².